The second-order valence-corrected chi connectivity index (χ2v) is 8.32. The summed E-state index contributed by atoms with van der Waals surface area (Å²) in [6, 6.07) is 22.0. The minimum atomic E-state index is -0.418. The molecule has 32 heavy (non-hydrogen) atoms. The molecule has 0 aliphatic carbocycles. The molecule has 0 unspecified atom stereocenters. The predicted molar refractivity (Wildman–Crippen MR) is 126 cm³/mol. The second-order valence-electron chi connectivity index (χ2n) is 7.12. The first-order chi connectivity index (χ1) is 15.5. The molecule has 0 N–H and O–H groups in total. The van der Waals surface area contributed by atoms with E-state index in [1.807, 2.05) is 65.2 Å². The lowest BCUT2D eigenvalue weighted by molar-refractivity contribution is 0.102. The first-order valence-electron chi connectivity index (χ1n) is 9.67. The van der Waals surface area contributed by atoms with E-state index in [4.69, 9.17) is 39.3 Å². The lowest BCUT2D eigenvalue weighted by Gasteiger charge is -2.09. The summed E-state index contributed by atoms with van der Waals surface area (Å²) in [6.07, 6.45) is 0. The maximum atomic E-state index is 13.4. The van der Waals surface area contributed by atoms with Crippen LogP contribution in [0.5, 0.6) is 0 Å². The van der Waals surface area contributed by atoms with Crippen LogP contribution >= 0.6 is 34.8 Å². The Balaban J connectivity index is 1.58. The van der Waals surface area contributed by atoms with Gasteiger partial charge in [-0.25, -0.2) is 0 Å². The highest BCUT2D eigenvalue weighted by molar-refractivity contribution is 6.37. The highest BCUT2D eigenvalue weighted by Gasteiger charge is 2.26. The van der Waals surface area contributed by atoms with Gasteiger partial charge in [-0.15, -0.1) is 0 Å². The number of fused-ring (bicyclic) bond motifs is 1. The molecule has 0 atom stereocenters. The van der Waals surface area contributed by atoms with Gasteiger partial charge in [0.25, 0.3) is 5.89 Å². The fourth-order valence-corrected chi connectivity index (χ4v) is 4.40. The molecule has 0 spiro atoms. The van der Waals surface area contributed by atoms with E-state index in [0.29, 0.717) is 27.5 Å². The van der Waals surface area contributed by atoms with Gasteiger partial charge in [0.05, 0.1) is 17.6 Å². The van der Waals surface area contributed by atoms with E-state index in [1.54, 1.807) is 12.1 Å². The Bertz CT molecular complexity index is 1460. The van der Waals surface area contributed by atoms with Crippen LogP contribution in [0.1, 0.15) is 21.7 Å². The van der Waals surface area contributed by atoms with Crippen molar-refractivity contribution in [1.82, 2.24) is 14.7 Å². The highest BCUT2D eigenvalue weighted by Crippen LogP contribution is 2.34. The van der Waals surface area contributed by atoms with Crippen LogP contribution in [0, 0.1) is 0 Å². The van der Waals surface area contributed by atoms with Crippen molar-refractivity contribution in [1.29, 1.82) is 0 Å². The third-order valence-electron chi connectivity index (χ3n) is 5.13. The molecule has 0 radical (unpaired) electrons. The van der Waals surface area contributed by atoms with Crippen molar-refractivity contribution in [3.8, 4) is 11.5 Å². The van der Waals surface area contributed by atoms with E-state index in [9.17, 15) is 4.79 Å². The maximum absolute atomic E-state index is 13.4. The number of aromatic nitrogens is 3. The number of rotatable bonds is 5. The third kappa shape index (κ3) is 3.69. The SMILES string of the molecule is O=C(c1noc(-c2ccccc2)n1)c1c(Cl)n(Cc2ccc(Cl)cc2Cl)c2ccccc12. The summed E-state index contributed by atoms with van der Waals surface area (Å²) < 4.78 is 7.14. The van der Waals surface area contributed by atoms with E-state index in [0.717, 1.165) is 16.6 Å². The zero-order valence-corrected chi connectivity index (χ0v) is 18.7. The number of halogens is 3. The van der Waals surface area contributed by atoms with Gasteiger partial charge in [-0.05, 0) is 35.9 Å². The molecule has 0 amide bonds. The number of carbonyl (C=O) groups is 1. The summed E-state index contributed by atoms with van der Waals surface area (Å²) in [5, 5.41) is 5.92. The van der Waals surface area contributed by atoms with Crippen LogP contribution in [-0.4, -0.2) is 20.5 Å². The summed E-state index contributed by atoms with van der Waals surface area (Å²) in [4.78, 5) is 17.7. The lowest BCUT2D eigenvalue weighted by atomic mass is 10.1. The largest absolute Gasteiger partial charge is 0.333 e. The molecule has 0 saturated heterocycles. The van der Waals surface area contributed by atoms with Crippen LogP contribution in [0.2, 0.25) is 15.2 Å². The van der Waals surface area contributed by atoms with Gasteiger partial charge in [0.15, 0.2) is 0 Å². The standard InChI is InChI=1S/C24H14Cl3N3O2/c25-16-11-10-15(18(26)12-16)13-30-19-9-5-4-8-17(19)20(22(30)27)21(31)23-28-24(32-29-23)14-6-2-1-3-7-14/h1-12H,13H2. The van der Waals surface area contributed by atoms with E-state index < -0.39 is 5.78 Å². The molecular weight excluding hydrogens is 469 g/mol. The van der Waals surface area contributed by atoms with Gasteiger partial charge in [-0.3, -0.25) is 4.79 Å². The fourth-order valence-electron chi connectivity index (χ4n) is 3.59. The molecule has 5 nitrogen and oxygen atoms in total. The molecular formula is C24H14Cl3N3O2. The molecule has 0 fully saturated rings. The maximum Gasteiger partial charge on any atom is 0.258 e. The molecule has 5 aromatic rings. The first-order valence-corrected chi connectivity index (χ1v) is 10.8. The molecule has 0 aliphatic rings. The van der Waals surface area contributed by atoms with Crippen molar-refractivity contribution in [2.24, 2.45) is 0 Å². The fraction of sp³-hybridized carbons (Fsp3) is 0.0417. The summed E-state index contributed by atoms with van der Waals surface area (Å²) in [7, 11) is 0. The van der Waals surface area contributed by atoms with E-state index in [-0.39, 0.29) is 16.9 Å². The van der Waals surface area contributed by atoms with Gasteiger partial charge >= 0.3 is 0 Å². The number of para-hydroxylation sites is 1. The van der Waals surface area contributed by atoms with E-state index in [1.165, 1.54) is 0 Å². The normalized spacial score (nSPS) is 11.2. The highest BCUT2D eigenvalue weighted by atomic mass is 35.5. The Morgan fingerprint density at radius 1 is 0.938 bits per heavy atom. The smallest absolute Gasteiger partial charge is 0.258 e. The van der Waals surface area contributed by atoms with Gasteiger partial charge < -0.3 is 9.09 Å². The monoisotopic (exact) mass is 481 g/mol. The quantitative estimate of drug-likeness (QED) is 0.255. The van der Waals surface area contributed by atoms with Crippen molar-refractivity contribution >= 4 is 51.5 Å². The first kappa shape index (κ1) is 20.8. The summed E-state index contributed by atoms with van der Waals surface area (Å²) in [5.41, 5.74) is 2.65. The van der Waals surface area contributed by atoms with Crippen LogP contribution in [0.15, 0.2) is 77.3 Å². The van der Waals surface area contributed by atoms with Crippen LogP contribution in [0.3, 0.4) is 0 Å². The molecule has 5 rings (SSSR count). The number of benzene rings is 3. The minimum Gasteiger partial charge on any atom is -0.333 e. The Morgan fingerprint density at radius 2 is 1.69 bits per heavy atom. The summed E-state index contributed by atoms with van der Waals surface area (Å²) in [5.74, 6) is -0.210. The van der Waals surface area contributed by atoms with Crippen LogP contribution in [0.25, 0.3) is 22.4 Å². The zero-order chi connectivity index (χ0) is 22.2. The van der Waals surface area contributed by atoms with Crippen LogP contribution in [0.4, 0.5) is 0 Å². The number of hydrogen-bond acceptors (Lipinski definition) is 4. The summed E-state index contributed by atoms with van der Waals surface area (Å²) in [6.45, 7) is 0.365. The number of hydrogen-bond donors (Lipinski definition) is 0. The molecule has 2 heterocycles. The van der Waals surface area contributed by atoms with Crippen molar-refractivity contribution in [2.45, 2.75) is 6.54 Å². The van der Waals surface area contributed by atoms with E-state index in [2.05, 4.69) is 10.1 Å². The van der Waals surface area contributed by atoms with Crippen LogP contribution in [-0.2, 0) is 6.54 Å². The zero-order valence-electron chi connectivity index (χ0n) is 16.4. The predicted octanol–water partition coefficient (Wildman–Crippen LogP) is 6.93. The Kier molecular flexibility index (Phi) is 5.47. The van der Waals surface area contributed by atoms with Crippen molar-refractivity contribution in [3.63, 3.8) is 0 Å². The molecule has 0 aliphatic heterocycles. The number of ketones is 1. The number of nitrogens with zero attached hydrogens (tertiary/aromatic N) is 3. The minimum absolute atomic E-state index is 0.0572. The third-order valence-corrected chi connectivity index (χ3v) is 6.11. The van der Waals surface area contributed by atoms with Gasteiger partial charge in [0.1, 0.15) is 5.15 Å². The number of carbonyl (C=O) groups excluding carboxylic acids is 1. The molecule has 3 aromatic carbocycles. The van der Waals surface area contributed by atoms with E-state index >= 15 is 0 Å². The van der Waals surface area contributed by atoms with Crippen LogP contribution < -0.4 is 0 Å². The van der Waals surface area contributed by atoms with Crippen molar-refractivity contribution < 1.29 is 9.32 Å². The molecule has 158 valence electrons. The average molecular weight is 483 g/mol. The Labute approximate surface area is 198 Å². The molecule has 2 aromatic heterocycles. The average Bonchev–Trinajstić information content (AvgIpc) is 3.40. The second kappa shape index (κ2) is 8.43. The van der Waals surface area contributed by atoms with Gasteiger partial charge in [0.2, 0.25) is 11.6 Å². The lowest BCUT2D eigenvalue weighted by Crippen LogP contribution is -2.06. The Morgan fingerprint density at radius 3 is 2.47 bits per heavy atom. The Hall–Kier alpha value is -3.12. The molecule has 8 heteroatoms. The topological polar surface area (TPSA) is 60.9 Å². The van der Waals surface area contributed by atoms with Crippen molar-refractivity contribution in [2.75, 3.05) is 0 Å². The van der Waals surface area contributed by atoms with Gasteiger partial charge in [0, 0.05) is 21.0 Å². The molecule has 0 saturated carbocycles. The van der Waals surface area contributed by atoms with Gasteiger partial charge in [-0.2, -0.15) is 4.98 Å². The van der Waals surface area contributed by atoms with Gasteiger partial charge in [-0.1, -0.05) is 82.4 Å². The van der Waals surface area contributed by atoms with Crippen molar-refractivity contribution in [3.05, 3.63) is 105 Å². The summed E-state index contributed by atoms with van der Waals surface area (Å²) >= 11 is 19.1. The molecule has 0 bridgehead atoms.